The summed E-state index contributed by atoms with van der Waals surface area (Å²) in [5, 5.41) is 0. The topological polar surface area (TPSA) is 42.2 Å². The molecule has 3 heteroatoms. The molecule has 3 nitrogen and oxygen atoms in total. The summed E-state index contributed by atoms with van der Waals surface area (Å²) in [6, 6.07) is 6.49. The summed E-state index contributed by atoms with van der Waals surface area (Å²) in [5.41, 5.74) is 7.33. The highest BCUT2D eigenvalue weighted by atomic mass is 15.2. The average Bonchev–Trinajstić information content (AvgIpc) is 3.14. The zero-order valence-electron chi connectivity index (χ0n) is 11.5. The van der Waals surface area contributed by atoms with Gasteiger partial charge in [0.1, 0.15) is 0 Å². The Kier molecular flexibility index (Phi) is 4.72. The van der Waals surface area contributed by atoms with E-state index in [1.807, 2.05) is 12.3 Å². The first kappa shape index (κ1) is 13.5. The first-order valence-electron chi connectivity index (χ1n) is 7.13. The van der Waals surface area contributed by atoms with Crippen LogP contribution in [0.5, 0.6) is 0 Å². The summed E-state index contributed by atoms with van der Waals surface area (Å²) in [6.45, 7) is 6.61. The lowest BCUT2D eigenvalue weighted by Crippen LogP contribution is -2.41. The molecule has 0 aromatic carbocycles. The molecule has 1 aliphatic rings. The van der Waals surface area contributed by atoms with Crippen LogP contribution >= 0.6 is 0 Å². The number of rotatable bonds is 7. The van der Waals surface area contributed by atoms with Gasteiger partial charge in [-0.15, -0.1) is 0 Å². The molecule has 0 spiro atoms. The molecule has 2 atom stereocenters. The molecule has 0 bridgehead atoms. The van der Waals surface area contributed by atoms with E-state index >= 15 is 0 Å². The number of aromatic nitrogens is 1. The highest BCUT2D eigenvalue weighted by molar-refractivity contribution is 5.11. The molecule has 2 rings (SSSR count). The SMILES string of the molecule is CCCN(CC1CC1)C(c1ccccn1)C(C)N. The molecule has 0 amide bonds. The highest BCUT2D eigenvalue weighted by Gasteiger charge is 2.30. The van der Waals surface area contributed by atoms with Crippen LogP contribution in [0.15, 0.2) is 24.4 Å². The van der Waals surface area contributed by atoms with Crippen LogP contribution in [0.4, 0.5) is 0 Å². The van der Waals surface area contributed by atoms with Crippen molar-refractivity contribution >= 4 is 0 Å². The molecule has 2 N–H and O–H groups in total. The van der Waals surface area contributed by atoms with Crippen molar-refractivity contribution in [2.45, 2.75) is 45.2 Å². The van der Waals surface area contributed by atoms with Crippen molar-refractivity contribution in [1.82, 2.24) is 9.88 Å². The zero-order chi connectivity index (χ0) is 13.0. The summed E-state index contributed by atoms with van der Waals surface area (Å²) in [5.74, 6) is 0.890. The number of nitrogens with two attached hydrogens (primary N) is 1. The van der Waals surface area contributed by atoms with Crippen LogP contribution in [-0.2, 0) is 0 Å². The van der Waals surface area contributed by atoms with E-state index in [0.717, 1.165) is 18.2 Å². The largest absolute Gasteiger partial charge is 0.326 e. The van der Waals surface area contributed by atoms with Crippen LogP contribution in [0.1, 0.15) is 44.8 Å². The number of pyridine rings is 1. The van der Waals surface area contributed by atoms with Crippen LogP contribution in [0.3, 0.4) is 0 Å². The second-order valence-electron chi connectivity index (χ2n) is 5.50. The van der Waals surface area contributed by atoms with Gasteiger partial charge in [-0.1, -0.05) is 13.0 Å². The smallest absolute Gasteiger partial charge is 0.0671 e. The van der Waals surface area contributed by atoms with Crippen molar-refractivity contribution < 1.29 is 0 Å². The van der Waals surface area contributed by atoms with Crippen molar-refractivity contribution in [3.8, 4) is 0 Å². The number of hydrogen-bond donors (Lipinski definition) is 1. The Morgan fingerprint density at radius 2 is 2.22 bits per heavy atom. The second-order valence-corrected chi connectivity index (χ2v) is 5.50. The molecular weight excluding hydrogens is 222 g/mol. The van der Waals surface area contributed by atoms with Gasteiger partial charge in [0.2, 0.25) is 0 Å². The van der Waals surface area contributed by atoms with Crippen molar-refractivity contribution in [2.75, 3.05) is 13.1 Å². The molecule has 0 saturated heterocycles. The second kappa shape index (κ2) is 6.30. The molecule has 1 aromatic rings. The first-order chi connectivity index (χ1) is 8.72. The van der Waals surface area contributed by atoms with Crippen LogP contribution in [-0.4, -0.2) is 29.0 Å². The Balaban J connectivity index is 2.14. The fraction of sp³-hybridized carbons (Fsp3) is 0.667. The third-order valence-electron chi connectivity index (χ3n) is 3.58. The molecular formula is C15H25N3. The predicted octanol–water partition coefficient (Wildman–Crippen LogP) is 2.59. The zero-order valence-corrected chi connectivity index (χ0v) is 11.5. The maximum atomic E-state index is 6.21. The van der Waals surface area contributed by atoms with E-state index in [1.54, 1.807) is 0 Å². The molecule has 18 heavy (non-hydrogen) atoms. The van der Waals surface area contributed by atoms with Crippen molar-refractivity contribution in [2.24, 2.45) is 11.7 Å². The molecule has 1 aromatic heterocycles. The van der Waals surface area contributed by atoms with Gasteiger partial charge in [-0.3, -0.25) is 9.88 Å². The average molecular weight is 247 g/mol. The van der Waals surface area contributed by atoms with Gasteiger partial charge in [0.15, 0.2) is 0 Å². The molecule has 1 fully saturated rings. The molecule has 2 unspecified atom stereocenters. The Morgan fingerprint density at radius 3 is 2.72 bits per heavy atom. The van der Waals surface area contributed by atoms with Crippen LogP contribution in [0, 0.1) is 5.92 Å². The van der Waals surface area contributed by atoms with E-state index in [4.69, 9.17) is 5.73 Å². The van der Waals surface area contributed by atoms with E-state index in [1.165, 1.54) is 25.8 Å². The molecule has 100 valence electrons. The van der Waals surface area contributed by atoms with Crippen LogP contribution in [0.25, 0.3) is 0 Å². The van der Waals surface area contributed by atoms with Crippen molar-refractivity contribution in [3.05, 3.63) is 30.1 Å². The normalized spacial score (nSPS) is 18.9. The molecule has 1 heterocycles. The summed E-state index contributed by atoms with van der Waals surface area (Å²) < 4.78 is 0. The summed E-state index contributed by atoms with van der Waals surface area (Å²) in [7, 11) is 0. The van der Waals surface area contributed by atoms with Crippen molar-refractivity contribution in [1.29, 1.82) is 0 Å². The minimum absolute atomic E-state index is 0.116. The van der Waals surface area contributed by atoms with Gasteiger partial charge < -0.3 is 5.73 Å². The lowest BCUT2D eigenvalue weighted by molar-refractivity contribution is 0.165. The summed E-state index contributed by atoms with van der Waals surface area (Å²) in [4.78, 5) is 7.04. The maximum Gasteiger partial charge on any atom is 0.0671 e. The van der Waals surface area contributed by atoms with E-state index in [-0.39, 0.29) is 12.1 Å². The van der Waals surface area contributed by atoms with Gasteiger partial charge in [0.05, 0.1) is 11.7 Å². The highest BCUT2D eigenvalue weighted by Crippen LogP contribution is 2.33. The Bertz CT molecular complexity index is 346. The Morgan fingerprint density at radius 1 is 1.44 bits per heavy atom. The lowest BCUT2D eigenvalue weighted by atomic mass is 10.0. The molecule has 0 aliphatic heterocycles. The lowest BCUT2D eigenvalue weighted by Gasteiger charge is -2.33. The third kappa shape index (κ3) is 3.53. The fourth-order valence-corrected chi connectivity index (χ4v) is 2.60. The van der Waals surface area contributed by atoms with Gasteiger partial charge in [0, 0.05) is 18.8 Å². The van der Waals surface area contributed by atoms with E-state index in [9.17, 15) is 0 Å². The van der Waals surface area contributed by atoms with E-state index in [0.29, 0.717) is 0 Å². The minimum atomic E-state index is 0.116. The first-order valence-corrected chi connectivity index (χ1v) is 7.13. The van der Waals surface area contributed by atoms with Crippen LogP contribution < -0.4 is 5.73 Å². The third-order valence-corrected chi connectivity index (χ3v) is 3.58. The fourth-order valence-electron chi connectivity index (χ4n) is 2.60. The maximum absolute atomic E-state index is 6.21. The molecule has 1 aliphatic carbocycles. The predicted molar refractivity (Wildman–Crippen MR) is 75.2 cm³/mol. The van der Waals surface area contributed by atoms with Gasteiger partial charge in [-0.25, -0.2) is 0 Å². The standard InChI is InChI=1S/C15H25N3/c1-3-10-18(11-13-7-8-13)15(12(2)16)14-6-4-5-9-17-14/h4-6,9,12-13,15H,3,7-8,10-11,16H2,1-2H3. The van der Waals surface area contributed by atoms with Gasteiger partial charge in [-0.05, 0) is 50.8 Å². The van der Waals surface area contributed by atoms with E-state index in [2.05, 4.69) is 35.9 Å². The number of nitrogens with zero attached hydrogens (tertiary/aromatic N) is 2. The van der Waals surface area contributed by atoms with Crippen LogP contribution in [0.2, 0.25) is 0 Å². The Hall–Kier alpha value is -0.930. The summed E-state index contributed by atoms with van der Waals surface area (Å²) >= 11 is 0. The Labute approximate surface area is 110 Å². The minimum Gasteiger partial charge on any atom is -0.326 e. The van der Waals surface area contributed by atoms with Crippen molar-refractivity contribution in [3.63, 3.8) is 0 Å². The quantitative estimate of drug-likeness (QED) is 0.805. The summed E-state index contributed by atoms with van der Waals surface area (Å²) in [6.07, 6.45) is 5.80. The van der Waals surface area contributed by atoms with Gasteiger partial charge >= 0.3 is 0 Å². The monoisotopic (exact) mass is 247 g/mol. The molecule has 1 saturated carbocycles. The number of hydrogen-bond acceptors (Lipinski definition) is 3. The molecule has 0 radical (unpaired) electrons. The van der Waals surface area contributed by atoms with Gasteiger partial charge in [-0.2, -0.15) is 0 Å². The van der Waals surface area contributed by atoms with E-state index < -0.39 is 0 Å². The van der Waals surface area contributed by atoms with Gasteiger partial charge in [0.25, 0.3) is 0 Å².